The third-order valence-electron chi connectivity index (χ3n) is 7.49. The predicted octanol–water partition coefficient (Wildman–Crippen LogP) is 4.35. The number of aliphatic hydroxyl groups is 1. The van der Waals surface area contributed by atoms with E-state index in [2.05, 4.69) is 17.1 Å². The molecule has 2 aromatic carbocycles. The summed E-state index contributed by atoms with van der Waals surface area (Å²) in [5.41, 5.74) is 1.29. The molecule has 1 aliphatic carbocycles. The van der Waals surface area contributed by atoms with Crippen molar-refractivity contribution in [2.24, 2.45) is 5.92 Å². The van der Waals surface area contributed by atoms with Crippen molar-refractivity contribution in [3.05, 3.63) is 72.1 Å². The number of nitrogens with zero attached hydrogens (tertiary/aromatic N) is 4. The quantitative estimate of drug-likeness (QED) is 0.592. The maximum Gasteiger partial charge on any atom is 0.256 e. The molecule has 1 N–H and O–H groups in total. The van der Waals surface area contributed by atoms with E-state index in [-0.39, 0.29) is 18.1 Å². The maximum absolute atomic E-state index is 13.6. The number of rotatable bonds is 6. The molecule has 1 aromatic heterocycles. The van der Waals surface area contributed by atoms with Crippen molar-refractivity contribution in [2.75, 3.05) is 6.54 Å². The molecular formula is C27H32N4O3. The second-order valence-electron chi connectivity index (χ2n) is 9.76. The SMILES string of the molecule is C[C@@H]1CC[C@@H](Oc2cccc(C(C)(O)C3CCC3)c2)CN1C(=O)c1ccccc1-n1nccn1. The molecule has 2 aliphatic rings. The fraction of sp³-hybridized carbons (Fsp3) is 0.444. The Hall–Kier alpha value is -3.19. The molecular weight excluding hydrogens is 428 g/mol. The van der Waals surface area contributed by atoms with E-state index >= 15 is 0 Å². The van der Waals surface area contributed by atoms with E-state index in [4.69, 9.17) is 4.74 Å². The van der Waals surface area contributed by atoms with E-state index in [0.29, 0.717) is 23.7 Å². The van der Waals surface area contributed by atoms with E-state index in [9.17, 15) is 9.90 Å². The van der Waals surface area contributed by atoms with Crippen LogP contribution >= 0.6 is 0 Å². The normalized spacial score (nSPS) is 22.6. The smallest absolute Gasteiger partial charge is 0.256 e. The first kappa shape index (κ1) is 22.6. The lowest BCUT2D eigenvalue weighted by Gasteiger charge is -2.40. The molecule has 178 valence electrons. The number of para-hydroxylation sites is 1. The van der Waals surface area contributed by atoms with Gasteiger partial charge in [0.2, 0.25) is 0 Å². The average Bonchev–Trinajstić information content (AvgIpc) is 3.33. The monoisotopic (exact) mass is 460 g/mol. The fourth-order valence-corrected chi connectivity index (χ4v) is 5.06. The van der Waals surface area contributed by atoms with Crippen molar-refractivity contribution in [3.63, 3.8) is 0 Å². The van der Waals surface area contributed by atoms with Gasteiger partial charge in [0.25, 0.3) is 5.91 Å². The zero-order valence-electron chi connectivity index (χ0n) is 19.8. The first-order valence-corrected chi connectivity index (χ1v) is 12.2. The zero-order valence-corrected chi connectivity index (χ0v) is 19.8. The third kappa shape index (κ3) is 4.32. The topological polar surface area (TPSA) is 80.5 Å². The first-order chi connectivity index (χ1) is 16.4. The Morgan fingerprint density at radius 1 is 1.06 bits per heavy atom. The summed E-state index contributed by atoms with van der Waals surface area (Å²) in [5, 5.41) is 19.5. The van der Waals surface area contributed by atoms with Crippen molar-refractivity contribution in [1.29, 1.82) is 0 Å². The number of hydrogen-bond donors (Lipinski definition) is 1. The number of hydrogen-bond acceptors (Lipinski definition) is 5. The summed E-state index contributed by atoms with van der Waals surface area (Å²) in [6.07, 6.45) is 8.13. The summed E-state index contributed by atoms with van der Waals surface area (Å²) in [4.78, 5) is 17.0. The van der Waals surface area contributed by atoms with Crippen molar-refractivity contribution in [3.8, 4) is 11.4 Å². The number of piperidine rings is 1. The van der Waals surface area contributed by atoms with Crippen LogP contribution in [0.1, 0.15) is 61.9 Å². The lowest BCUT2D eigenvalue weighted by Crippen LogP contribution is -2.49. The van der Waals surface area contributed by atoms with Gasteiger partial charge in [-0.3, -0.25) is 4.79 Å². The van der Waals surface area contributed by atoms with Crippen LogP contribution in [0.4, 0.5) is 0 Å². The Kier molecular flexibility index (Phi) is 6.13. The average molecular weight is 461 g/mol. The van der Waals surface area contributed by atoms with E-state index < -0.39 is 5.60 Å². The molecule has 0 bridgehead atoms. The van der Waals surface area contributed by atoms with Gasteiger partial charge in [-0.25, -0.2) is 0 Å². The van der Waals surface area contributed by atoms with Gasteiger partial charge in [-0.15, -0.1) is 0 Å². The van der Waals surface area contributed by atoms with Crippen LogP contribution in [0.5, 0.6) is 5.75 Å². The molecule has 2 heterocycles. The molecule has 1 amide bonds. The molecule has 7 heteroatoms. The summed E-state index contributed by atoms with van der Waals surface area (Å²) in [7, 11) is 0. The molecule has 1 unspecified atom stereocenters. The van der Waals surface area contributed by atoms with Gasteiger partial charge in [0, 0.05) is 6.04 Å². The molecule has 3 atom stereocenters. The minimum absolute atomic E-state index is 0.0460. The summed E-state index contributed by atoms with van der Waals surface area (Å²) in [6.45, 7) is 4.49. The summed E-state index contributed by atoms with van der Waals surface area (Å²) in [5.74, 6) is 0.997. The molecule has 0 radical (unpaired) electrons. The standard InChI is InChI=1S/C27H32N4O3/c1-19-13-14-23(34-22-10-6-9-21(17-22)27(2,33)20-7-5-8-20)18-30(19)26(32)24-11-3-4-12-25(24)31-28-15-16-29-31/h3-4,6,9-12,15-17,19-20,23,33H,5,7-8,13-14,18H2,1-2H3/t19-,23-,27?/m1/s1. The lowest BCUT2D eigenvalue weighted by molar-refractivity contribution is -0.0401. The predicted molar refractivity (Wildman–Crippen MR) is 129 cm³/mol. The Labute approximate surface area is 200 Å². The summed E-state index contributed by atoms with van der Waals surface area (Å²) >= 11 is 0. The Balaban J connectivity index is 1.32. The van der Waals surface area contributed by atoms with Gasteiger partial charge in [-0.2, -0.15) is 15.0 Å². The highest BCUT2D eigenvalue weighted by atomic mass is 16.5. The van der Waals surface area contributed by atoms with Gasteiger partial charge in [0.1, 0.15) is 11.9 Å². The highest BCUT2D eigenvalue weighted by molar-refractivity contribution is 5.98. The molecule has 1 aliphatic heterocycles. The maximum atomic E-state index is 13.6. The van der Waals surface area contributed by atoms with E-state index in [1.807, 2.05) is 60.4 Å². The number of amides is 1. The summed E-state index contributed by atoms with van der Waals surface area (Å²) in [6, 6.07) is 15.3. The molecule has 0 spiro atoms. The number of carbonyl (C=O) groups excluding carboxylic acids is 1. The van der Waals surface area contributed by atoms with Gasteiger partial charge < -0.3 is 14.7 Å². The van der Waals surface area contributed by atoms with E-state index in [0.717, 1.165) is 37.0 Å². The van der Waals surface area contributed by atoms with Crippen molar-refractivity contribution >= 4 is 5.91 Å². The molecule has 2 fully saturated rings. The minimum atomic E-state index is -0.842. The second-order valence-corrected chi connectivity index (χ2v) is 9.76. The number of aromatic nitrogens is 3. The number of benzene rings is 2. The van der Waals surface area contributed by atoms with Crippen LogP contribution in [0.25, 0.3) is 5.69 Å². The number of ether oxygens (including phenoxy) is 1. The molecule has 34 heavy (non-hydrogen) atoms. The van der Waals surface area contributed by atoms with E-state index in [1.165, 1.54) is 11.2 Å². The third-order valence-corrected chi connectivity index (χ3v) is 7.49. The molecule has 7 nitrogen and oxygen atoms in total. The highest BCUT2D eigenvalue weighted by Crippen LogP contribution is 2.42. The van der Waals surface area contributed by atoms with Gasteiger partial charge in [0.15, 0.2) is 0 Å². The molecule has 3 aromatic rings. The zero-order chi connectivity index (χ0) is 23.7. The van der Waals surface area contributed by atoms with Crippen molar-refractivity contribution < 1.29 is 14.6 Å². The van der Waals surface area contributed by atoms with Crippen LogP contribution in [0, 0.1) is 5.92 Å². The minimum Gasteiger partial charge on any atom is -0.489 e. The van der Waals surface area contributed by atoms with Crippen molar-refractivity contribution in [2.45, 2.75) is 63.7 Å². The Morgan fingerprint density at radius 2 is 1.82 bits per heavy atom. The van der Waals surface area contributed by atoms with Crippen LogP contribution in [0.15, 0.2) is 60.9 Å². The molecule has 1 saturated carbocycles. The van der Waals surface area contributed by atoms with Gasteiger partial charge in [-0.05, 0) is 75.3 Å². The fourth-order valence-electron chi connectivity index (χ4n) is 5.06. The van der Waals surface area contributed by atoms with Crippen LogP contribution in [0.3, 0.4) is 0 Å². The van der Waals surface area contributed by atoms with E-state index in [1.54, 1.807) is 12.4 Å². The first-order valence-electron chi connectivity index (χ1n) is 12.2. The van der Waals surface area contributed by atoms with Gasteiger partial charge >= 0.3 is 0 Å². The second kappa shape index (κ2) is 9.22. The van der Waals surface area contributed by atoms with Crippen molar-refractivity contribution in [1.82, 2.24) is 19.9 Å². The number of likely N-dealkylation sites (tertiary alicyclic amines) is 1. The van der Waals surface area contributed by atoms with Gasteiger partial charge in [-0.1, -0.05) is 30.7 Å². The highest BCUT2D eigenvalue weighted by Gasteiger charge is 2.38. The molecule has 5 rings (SSSR count). The lowest BCUT2D eigenvalue weighted by atomic mass is 9.71. The molecule has 1 saturated heterocycles. The Bertz CT molecular complexity index is 1140. The van der Waals surface area contributed by atoms with Crippen LogP contribution in [-0.2, 0) is 5.60 Å². The van der Waals surface area contributed by atoms with Crippen LogP contribution in [-0.4, -0.2) is 49.6 Å². The van der Waals surface area contributed by atoms with Gasteiger partial charge in [0.05, 0.1) is 35.8 Å². The number of carbonyl (C=O) groups is 1. The Morgan fingerprint density at radius 3 is 2.56 bits per heavy atom. The largest absolute Gasteiger partial charge is 0.489 e. The summed E-state index contributed by atoms with van der Waals surface area (Å²) < 4.78 is 6.35. The van der Waals surface area contributed by atoms with Crippen LogP contribution < -0.4 is 4.74 Å². The van der Waals surface area contributed by atoms with Crippen LogP contribution in [0.2, 0.25) is 0 Å².